The summed E-state index contributed by atoms with van der Waals surface area (Å²) in [5, 5.41) is 15.2. The molecule has 0 spiro atoms. The first kappa shape index (κ1) is 13.9. The monoisotopic (exact) mass is 255 g/mol. The van der Waals surface area contributed by atoms with Crippen LogP contribution >= 0.6 is 0 Å². The van der Waals surface area contributed by atoms with Crippen LogP contribution in [-0.2, 0) is 18.3 Å². The zero-order chi connectivity index (χ0) is 13.5. The van der Waals surface area contributed by atoms with Crippen LogP contribution in [0.3, 0.4) is 0 Å². The molecule has 8 heteroatoms. The molecule has 100 valence electrons. The van der Waals surface area contributed by atoms with E-state index in [-0.39, 0.29) is 19.0 Å². The van der Waals surface area contributed by atoms with Gasteiger partial charge in [-0.1, -0.05) is 0 Å². The summed E-state index contributed by atoms with van der Waals surface area (Å²) in [4.78, 5) is 27.2. The van der Waals surface area contributed by atoms with Crippen molar-refractivity contribution in [2.75, 3.05) is 20.1 Å². The summed E-state index contributed by atoms with van der Waals surface area (Å²) < 4.78 is 1.59. The van der Waals surface area contributed by atoms with E-state index in [0.29, 0.717) is 18.8 Å². The molecule has 2 amide bonds. The lowest BCUT2D eigenvalue weighted by atomic mass is 10.4. The SMILES string of the molecule is CN(CCC(=O)O)C(=O)NCCc1ncn(C)n1. The molecule has 0 aliphatic rings. The predicted molar refractivity (Wildman–Crippen MR) is 63.0 cm³/mol. The summed E-state index contributed by atoms with van der Waals surface area (Å²) in [7, 11) is 3.33. The van der Waals surface area contributed by atoms with E-state index in [2.05, 4.69) is 15.4 Å². The largest absolute Gasteiger partial charge is 0.481 e. The van der Waals surface area contributed by atoms with Gasteiger partial charge >= 0.3 is 12.0 Å². The number of nitrogens with zero attached hydrogens (tertiary/aromatic N) is 4. The Morgan fingerprint density at radius 3 is 2.83 bits per heavy atom. The molecule has 0 bridgehead atoms. The first-order chi connectivity index (χ1) is 8.49. The van der Waals surface area contributed by atoms with Gasteiger partial charge in [0.1, 0.15) is 6.33 Å². The van der Waals surface area contributed by atoms with Crippen LogP contribution in [0.5, 0.6) is 0 Å². The highest BCUT2D eigenvalue weighted by Gasteiger charge is 2.09. The average molecular weight is 255 g/mol. The first-order valence-electron chi connectivity index (χ1n) is 5.54. The number of nitrogens with one attached hydrogen (secondary N) is 1. The van der Waals surface area contributed by atoms with E-state index >= 15 is 0 Å². The maximum atomic E-state index is 11.5. The summed E-state index contributed by atoms with van der Waals surface area (Å²) in [5.74, 6) is -0.265. The van der Waals surface area contributed by atoms with Gasteiger partial charge in [-0.15, -0.1) is 0 Å². The molecule has 0 aromatic carbocycles. The van der Waals surface area contributed by atoms with Gasteiger partial charge in [0.15, 0.2) is 5.82 Å². The van der Waals surface area contributed by atoms with Crippen molar-refractivity contribution in [2.24, 2.45) is 7.05 Å². The van der Waals surface area contributed by atoms with E-state index in [4.69, 9.17) is 5.11 Å². The highest BCUT2D eigenvalue weighted by atomic mass is 16.4. The molecule has 1 heterocycles. The van der Waals surface area contributed by atoms with Crippen LogP contribution in [0.4, 0.5) is 4.79 Å². The number of aromatic nitrogens is 3. The molecule has 1 aromatic heterocycles. The zero-order valence-electron chi connectivity index (χ0n) is 10.5. The molecule has 0 saturated carbocycles. The normalized spacial score (nSPS) is 10.1. The zero-order valence-corrected chi connectivity index (χ0v) is 10.5. The number of carbonyl (C=O) groups excluding carboxylic acids is 1. The molecule has 0 saturated heterocycles. The number of urea groups is 1. The summed E-state index contributed by atoms with van der Waals surface area (Å²) in [6, 6.07) is -0.299. The second-order valence-electron chi connectivity index (χ2n) is 3.88. The van der Waals surface area contributed by atoms with E-state index in [9.17, 15) is 9.59 Å². The Kier molecular flexibility index (Phi) is 5.09. The number of hydrogen-bond donors (Lipinski definition) is 2. The van der Waals surface area contributed by atoms with Crippen molar-refractivity contribution in [3.63, 3.8) is 0 Å². The summed E-state index contributed by atoms with van der Waals surface area (Å²) >= 11 is 0. The summed E-state index contributed by atoms with van der Waals surface area (Å²) in [6.07, 6.45) is 2.07. The highest BCUT2D eigenvalue weighted by molar-refractivity contribution is 5.74. The highest BCUT2D eigenvalue weighted by Crippen LogP contribution is 1.91. The van der Waals surface area contributed by atoms with Gasteiger partial charge in [-0.05, 0) is 0 Å². The second kappa shape index (κ2) is 6.58. The molecule has 8 nitrogen and oxygen atoms in total. The third kappa shape index (κ3) is 4.81. The Balaban J connectivity index is 2.22. The second-order valence-corrected chi connectivity index (χ2v) is 3.88. The van der Waals surface area contributed by atoms with Crippen LogP contribution in [0.15, 0.2) is 6.33 Å². The Bertz CT molecular complexity index is 417. The quantitative estimate of drug-likeness (QED) is 0.712. The number of hydrogen-bond acceptors (Lipinski definition) is 4. The van der Waals surface area contributed by atoms with Crippen LogP contribution in [0, 0.1) is 0 Å². The molecule has 18 heavy (non-hydrogen) atoms. The Hall–Kier alpha value is -2.12. The van der Waals surface area contributed by atoms with Crippen molar-refractivity contribution in [1.82, 2.24) is 25.0 Å². The van der Waals surface area contributed by atoms with Crippen molar-refractivity contribution in [1.29, 1.82) is 0 Å². The molecule has 0 aliphatic heterocycles. The summed E-state index contributed by atoms with van der Waals surface area (Å²) in [5.41, 5.74) is 0. The van der Waals surface area contributed by atoms with Crippen molar-refractivity contribution in [2.45, 2.75) is 12.8 Å². The fourth-order valence-corrected chi connectivity index (χ4v) is 1.28. The minimum atomic E-state index is -0.924. The number of amides is 2. The van der Waals surface area contributed by atoms with Gasteiger partial charge in [0.2, 0.25) is 0 Å². The van der Waals surface area contributed by atoms with Crippen LogP contribution < -0.4 is 5.32 Å². The van der Waals surface area contributed by atoms with Crippen molar-refractivity contribution in [3.05, 3.63) is 12.2 Å². The molecule has 0 atom stereocenters. The molecule has 2 N–H and O–H groups in total. The molecule has 0 aliphatic carbocycles. The van der Waals surface area contributed by atoms with E-state index in [1.165, 1.54) is 4.90 Å². The molecule has 1 aromatic rings. The number of aliphatic carboxylic acids is 1. The van der Waals surface area contributed by atoms with Gasteiger partial charge in [-0.3, -0.25) is 9.48 Å². The van der Waals surface area contributed by atoms with Crippen LogP contribution in [0.1, 0.15) is 12.2 Å². The van der Waals surface area contributed by atoms with Crippen LogP contribution in [0.25, 0.3) is 0 Å². The van der Waals surface area contributed by atoms with Crippen molar-refractivity contribution in [3.8, 4) is 0 Å². The lowest BCUT2D eigenvalue weighted by Crippen LogP contribution is -2.39. The minimum Gasteiger partial charge on any atom is -0.481 e. The Morgan fingerprint density at radius 1 is 1.56 bits per heavy atom. The summed E-state index contributed by atoms with van der Waals surface area (Å²) in [6.45, 7) is 0.600. The molecule has 1 rings (SSSR count). The number of aryl methyl sites for hydroxylation is 1. The van der Waals surface area contributed by atoms with Crippen LogP contribution in [-0.4, -0.2) is 56.9 Å². The third-order valence-electron chi connectivity index (χ3n) is 2.28. The topological polar surface area (TPSA) is 100 Å². The molecular weight excluding hydrogens is 238 g/mol. The number of rotatable bonds is 6. The number of carboxylic acids is 1. The van der Waals surface area contributed by atoms with E-state index < -0.39 is 5.97 Å². The Labute approximate surface area is 105 Å². The predicted octanol–water partition coefficient (Wildman–Crippen LogP) is -0.526. The lowest BCUT2D eigenvalue weighted by Gasteiger charge is -2.16. The van der Waals surface area contributed by atoms with Gasteiger partial charge in [0.05, 0.1) is 6.42 Å². The maximum Gasteiger partial charge on any atom is 0.317 e. The number of carbonyl (C=O) groups is 2. The van der Waals surface area contributed by atoms with Gasteiger partial charge < -0.3 is 15.3 Å². The standard InChI is InChI=1S/C10H17N5O3/c1-14(6-4-9(16)17)10(18)11-5-3-8-12-7-15(2)13-8/h7H,3-6H2,1-2H3,(H,11,18)(H,16,17). The fraction of sp³-hybridized carbons (Fsp3) is 0.600. The molecule has 0 fully saturated rings. The minimum absolute atomic E-state index is 0.0638. The van der Waals surface area contributed by atoms with E-state index in [0.717, 1.165) is 0 Å². The van der Waals surface area contributed by atoms with Gasteiger partial charge in [-0.25, -0.2) is 9.78 Å². The van der Waals surface area contributed by atoms with Gasteiger partial charge in [-0.2, -0.15) is 5.10 Å². The number of carboxylic acid groups (broad SMARTS) is 1. The maximum absolute atomic E-state index is 11.5. The van der Waals surface area contributed by atoms with E-state index in [1.807, 2.05) is 0 Å². The molecular formula is C10H17N5O3. The lowest BCUT2D eigenvalue weighted by molar-refractivity contribution is -0.137. The Morgan fingerprint density at radius 2 is 2.28 bits per heavy atom. The fourth-order valence-electron chi connectivity index (χ4n) is 1.28. The van der Waals surface area contributed by atoms with Crippen molar-refractivity contribution >= 4 is 12.0 Å². The first-order valence-corrected chi connectivity index (χ1v) is 5.54. The van der Waals surface area contributed by atoms with E-state index in [1.54, 1.807) is 25.1 Å². The van der Waals surface area contributed by atoms with Gasteiger partial charge in [0.25, 0.3) is 0 Å². The average Bonchev–Trinajstić information content (AvgIpc) is 2.71. The smallest absolute Gasteiger partial charge is 0.317 e. The van der Waals surface area contributed by atoms with Gasteiger partial charge in [0, 0.05) is 33.6 Å². The molecule has 0 radical (unpaired) electrons. The molecule has 0 unspecified atom stereocenters. The van der Waals surface area contributed by atoms with Crippen LogP contribution in [0.2, 0.25) is 0 Å². The third-order valence-corrected chi connectivity index (χ3v) is 2.28. The van der Waals surface area contributed by atoms with Crippen molar-refractivity contribution < 1.29 is 14.7 Å².